The Morgan fingerprint density at radius 2 is 2.15 bits per heavy atom. The van der Waals surface area contributed by atoms with E-state index in [0.29, 0.717) is 30.1 Å². The molecule has 0 aromatic carbocycles. The van der Waals surface area contributed by atoms with E-state index in [1.165, 1.54) is 12.3 Å². The van der Waals surface area contributed by atoms with Crippen molar-refractivity contribution < 1.29 is 17.9 Å². The third-order valence-electron chi connectivity index (χ3n) is 5.61. The highest BCUT2D eigenvalue weighted by molar-refractivity contribution is 9.10. The first kappa shape index (κ1) is 19.1. The average molecular weight is 466 g/mol. The molecule has 0 radical (unpaired) electrons. The van der Waals surface area contributed by atoms with Gasteiger partial charge in [-0.3, -0.25) is 0 Å². The lowest BCUT2D eigenvalue weighted by molar-refractivity contribution is -0.171. The van der Waals surface area contributed by atoms with Gasteiger partial charge in [0.25, 0.3) is 0 Å². The Labute approximate surface area is 167 Å². The zero-order valence-corrected chi connectivity index (χ0v) is 17.5. The van der Waals surface area contributed by atoms with Gasteiger partial charge < -0.3 is 9.47 Å². The van der Waals surface area contributed by atoms with Crippen molar-refractivity contribution in [3.63, 3.8) is 0 Å². The second-order valence-corrected chi connectivity index (χ2v) is 10.5. The molecule has 4 aliphatic rings. The Kier molecular flexibility index (Phi) is 5.35. The molecule has 1 aliphatic heterocycles. The molecular formula is C17H22BrClN2O4S. The minimum absolute atomic E-state index is 0.00123. The van der Waals surface area contributed by atoms with Gasteiger partial charge in [-0.05, 0) is 66.4 Å². The van der Waals surface area contributed by atoms with Crippen LogP contribution in [-0.4, -0.2) is 49.3 Å². The molecule has 1 aromatic rings. The summed E-state index contributed by atoms with van der Waals surface area (Å²) in [7, 11) is -3.75. The van der Waals surface area contributed by atoms with E-state index in [9.17, 15) is 8.42 Å². The third-order valence-corrected chi connectivity index (χ3v) is 8.48. The fourth-order valence-electron chi connectivity index (χ4n) is 4.16. The van der Waals surface area contributed by atoms with E-state index in [0.717, 1.165) is 38.5 Å². The first-order valence-corrected chi connectivity index (χ1v) is 11.6. The minimum Gasteiger partial charge on any atom is -0.353 e. The molecule has 1 atom stereocenters. The number of nitrogens with zero attached hydrogens (tertiary/aromatic N) is 2. The maximum atomic E-state index is 13.3. The standard InChI is InChI=1S/C17H22BrClN2O4S/c18-13-7-14(16(19)20-11-13)26(22,23)21(17-8-12(9-17)10-17)4-6-25-15-3-1-2-5-24-15/h7,11-12,15H,1-6,8-10H2. The van der Waals surface area contributed by atoms with Crippen LogP contribution in [0.15, 0.2) is 21.6 Å². The average Bonchev–Trinajstić information content (AvgIpc) is 2.54. The lowest BCUT2D eigenvalue weighted by Gasteiger charge is -2.65. The van der Waals surface area contributed by atoms with Crippen LogP contribution in [0.5, 0.6) is 0 Å². The topological polar surface area (TPSA) is 68.7 Å². The van der Waals surface area contributed by atoms with Crippen LogP contribution in [-0.2, 0) is 19.5 Å². The van der Waals surface area contributed by atoms with Gasteiger partial charge in [-0.1, -0.05) is 11.6 Å². The van der Waals surface area contributed by atoms with Crippen LogP contribution in [0.3, 0.4) is 0 Å². The van der Waals surface area contributed by atoms with Crippen LogP contribution in [0, 0.1) is 5.92 Å². The molecule has 3 aliphatic carbocycles. The second kappa shape index (κ2) is 7.29. The van der Waals surface area contributed by atoms with Crippen molar-refractivity contribution >= 4 is 37.6 Å². The highest BCUT2D eigenvalue weighted by atomic mass is 79.9. The molecule has 3 saturated carbocycles. The molecule has 144 valence electrons. The summed E-state index contributed by atoms with van der Waals surface area (Å²) in [6, 6.07) is 1.52. The van der Waals surface area contributed by atoms with Gasteiger partial charge in [0.05, 0.1) is 6.61 Å². The summed E-state index contributed by atoms with van der Waals surface area (Å²) < 4.78 is 40.2. The SMILES string of the molecule is O=S(=O)(c1cc(Br)cnc1Cl)N(CCOC1CCCCO1)C12CC(C1)C2. The lowest BCUT2D eigenvalue weighted by Crippen LogP contribution is -2.69. The van der Waals surface area contributed by atoms with Gasteiger partial charge in [0.1, 0.15) is 10.0 Å². The molecule has 2 heterocycles. The first-order valence-electron chi connectivity index (χ1n) is 8.98. The molecule has 2 bridgehead atoms. The smallest absolute Gasteiger partial charge is 0.246 e. The van der Waals surface area contributed by atoms with Crippen molar-refractivity contribution in [1.29, 1.82) is 0 Å². The lowest BCUT2D eigenvalue weighted by atomic mass is 9.50. The van der Waals surface area contributed by atoms with Crippen LogP contribution < -0.4 is 0 Å². The van der Waals surface area contributed by atoms with Gasteiger partial charge in [0.15, 0.2) is 6.29 Å². The normalized spacial score (nSPS) is 30.7. The Morgan fingerprint density at radius 1 is 1.38 bits per heavy atom. The highest BCUT2D eigenvalue weighted by Crippen LogP contribution is 2.61. The third kappa shape index (κ3) is 3.44. The molecule has 1 aromatic heterocycles. The van der Waals surface area contributed by atoms with E-state index in [-0.39, 0.29) is 21.9 Å². The molecular weight excluding hydrogens is 444 g/mol. The summed E-state index contributed by atoms with van der Waals surface area (Å²) in [5, 5.41) is 0.00123. The monoisotopic (exact) mass is 464 g/mol. The van der Waals surface area contributed by atoms with E-state index in [1.54, 1.807) is 4.31 Å². The van der Waals surface area contributed by atoms with Gasteiger partial charge in [-0.2, -0.15) is 4.31 Å². The summed E-state index contributed by atoms with van der Waals surface area (Å²) >= 11 is 9.40. The summed E-state index contributed by atoms with van der Waals surface area (Å²) in [6.45, 7) is 1.32. The predicted molar refractivity (Wildman–Crippen MR) is 100 cm³/mol. The molecule has 9 heteroatoms. The zero-order valence-electron chi connectivity index (χ0n) is 14.4. The van der Waals surface area contributed by atoms with Gasteiger partial charge in [-0.25, -0.2) is 13.4 Å². The van der Waals surface area contributed by atoms with Gasteiger partial charge in [0.2, 0.25) is 10.0 Å². The Hall–Kier alpha value is -0.250. The fraction of sp³-hybridized carbons (Fsp3) is 0.706. The van der Waals surface area contributed by atoms with Crippen molar-refractivity contribution in [3.05, 3.63) is 21.9 Å². The van der Waals surface area contributed by atoms with E-state index in [1.807, 2.05) is 0 Å². The molecule has 1 saturated heterocycles. The van der Waals surface area contributed by atoms with E-state index in [2.05, 4.69) is 20.9 Å². The van der Waals surface area contributed by atoms with Crippen LogP contribution in [0.1, 0.15) is 38.5 Å². The Morgan fingerprint density at radius 3 is 2.77 bits per heavy atom. The van der Waals surface area contributed by atoms with Crippen LogP contribution in [0.25, 0.3) is 0 Å². The molecule has 26 heavy (non-hydrogen) atoms. The van der Waals surface area contributed by atoms with E-state index >= 15 is 0 Å². The summed E-state index contributed by atoms with van der Waals surface area (Å²) in [5.74, 6) is 0.659. The largest absolute Gasteiger partial charge is 0.353 e. The molecule has 4 fully saturated rings. The summed E-state index contributed by atoms with van der Waals surface area (Å²) in [4.78, 5) is 4.03. The van der Waals surface area contributed by atoms with Gasteiger partial charge in [0, 0.05) is 29.4 Å². The number of halogens is 2. The van der Waals surface area contributed by atoms with Crippen molar-refractivity contribution in [2.24, 2.45) is 5.92 Å². The number of aromatic nitrogens is 1. The first-order chi connectivity index (χ1) is 12.4. The molecule has 0 N–H and O–H groups in total. The second-order valence-electron chi connectivity index (χ2n) is 7.39. The highest BCUT2D eigenvalue weighted by Gasteiger charge is 2.62. The quantitative estimate of drug-likeness (QED) is 0.576. The van der Waals surface area contributed by atoms with Crippen LogP contribution in [0.4, 0.5) is 0 Å². The zero-order chi connectivity index (χ0) is 18.4. The van der Waals surface area contributed by atoms with Crippen molar-refractivity contribution in [2.45, 2.75) is 55.2 Å². The number of pyridine rings is 1. The maximum Gasteiger partial charge on any atom is 0.246 e. The number of hydrogen-bond acceptors (Lipinski definition) is 5. The number of sulfonamides is 1. The summed E-state index contributed by atoms with van der Waals surface area (Å²) in [6.07, 6.45) is 7.04. The van der Waals surface area contributed by atoms with Gasteiger partial charge in [-0.15, -0.1) is 0 Å². The van der Waals surface area contributed by atoms with Crippen molar-refractivity contribution in [2.75, 3.05) is 19.8 Å². The number of rotatable bonds is 7. The minimum atomic E-state index is -3.75. The molecule has 0 amide bonds. The van der Waals surface area contributed by atoms with Crippen molar-refractivity contribution in [3.8, 4) is 0 Å². The maximum absolute atomic E-state index is 13.3. The van der Waals surface area contributed by atoms with E-state index < -0.39 is 10.0 Å². The van der Waals surface area contributed by atoms with Crippen LogP contribution >= 0.6 is 27.5 Å². The molecule has 5 rings (SSSR count). The Bertz CT molecular complexity index is 768. The molecule has 6 nitrogen and oxygen atoms in total. The Balaban J connectivity index is 1.52. The summed E-state index contributed by atoms with van der Waals surface area (Å²) in [5.41, 5.74) is -0.272. The fourth-order valence-corrected chi connectivity index (χ4v) is 6.87. The molecule has 0 spiro atoms. The molecule has 1 unspecified atom stereocenters. The predicted octanol–water partition coefficient (Wildman–Crippen LogP) is 3.58. The number of hydrogen-bond donors (Lipinski definition) is 0. The van der Waals surface area contributed by atoms with Crippen LogP contribution in [0.2, 0.25) is 5.15 Å². The number of ether oxygens (including phenoxy) is 2. The van der Waals surface area contributed by atoms with Crippen molar-refractivity contribution in [1.82, 2.24) is 9.29 Å². The van der Waals surface area contributed by atoms with Gasteiger partial charge >= 0.3 is 0 Å². The van der Waals surface area contributed by atoms with E-state index in [4.69, 9.17) is 21.1 Å².